The topological polar surface area (TPSA) is 117 Å². The number of rotatable bonds is 6. The molecule has 4 heterocycles. The van der Waals surface area contributed by atoms with Gasteiger partial charge in [-0.3, -0.25) is 9.48 Å². The lowest BCUT2D eigenvalue weighted by molar-refractivity contribution is 0.0149. The van der Waals surface area contributed by atoms with Gasteiger partial charge in [-0.05, 0) is 52.7 Å². The van der Waals surface area contributed by atoms with Gasteiger partial charge in [-0.2, -0.15) is 5.10 Å². The number of hydrogen-bond donors (Lipinski definition) is 2. The largest absolute Gasteiger partial charge is 0.444 e. The molecule has 0 aliphatic carbocycles. The maximum atomic E-state index is 14.6. The number of halogens is 1. The molecule has 5 rings (SSSR count). The Kier molecular flexibility index (Phi) is 7.60. The number of imidazole rings is 1. The number of fused-ring (bicyclic) bond motifs is 2. The minimum absolute atomic E-state index is 0.0699. The molecule has 1 aliphatic rings. The molecule has 3 aromatic heterocycles. The van der Waals surface area contributed by atoms with E-state index < -0.39 is 17.3 Å². The fraction of sp³-hybridized carbons (Fsp3) is 0.448. The number of anilines is 2. The first-order valence-corrected chi connectivity index (χ1v) is 13.8. The number of aliphatic hydroxyl groups excluding tert-OH is 1. The number of carbonyl (C=O) groups excluding carboxylic acids is 2. The molecule has 1 saturated heterocycles. The van der Waals surface area contributed by atoms with Crippen molar-refractivity contribution < 1.29 is 23.8 Å². The lowest BCUT2D eigenvalue weighted by atomic mass is 10.0. The Morgan fingerprint density at radius 1 is 1.20 bits per heavy atom. The number of piperidine rings is 1. The summed E-state index contributed by atoms with van der Waals surface area (Å²) in [6, 6.07) is 4.94. The number of aryl methyl sites for hydroxylation is 1. The van der Waals surface area contributed by atoms with Crippen molar-refractivity contribution in [1.82, 2.24) is 24.1 Å². The van der Waals surface area contributed by atoms with Gasteiger partial charge in [0.15, 0.2) is 11.5 Å². The first-order chi connectivity index (χ1) is 19.5. The summed E-state index contributed by atoms with van der Waals surface area (Å²) in [6.07, 6.45) is 6.24. The normalized spacial score (nSPS) is 14.6. The van der Waals surface area contributed by atoms with Crippen molar-refractivity contribution >= 4 is 39.9 Å². The lowest BCUT2D eigenvalue weighted by Crippen LogP contribution is -2.48. The van der Waals surface area contributed by atoms with E-state index in [1.807, 2.05) is 44.9 Å². The molecule has 1 fully saturated rings. The Morgan fingerprint density at radius 3 is 2.59 bits per heavy atom. The fourth-order valence-corrected chi connectivity index (χ4v) is 5.39. The molecule has 0 atom stereocenters. The van der Waals surface area contributed by atoms with Crippen molar-refractivity contribution in [3.63, 3.8) is 0 Å². The summed E-state index contributed by atoms with van der Waals surface area (Å²) >= 11 is 0. The molecule has 0 saturated carbocycles. The third kappa shape index (κ3) is 5.83. The molecular formula is C29H36FN7O4. The zero-order valence-electron chi connectivity index (χ0n) is 24.0. The van der Waals surface area contributed by atoms with Gasteiger partial charge < -0.3 is 29.4 Å². The summed E-state index contributed by atoms with van der Waals surface area (Å²) in [5, 5.41) is 17.5. The SMILES string of the molecule is CCN(C(=O)OC(C)(C)C)C1CCN(c2ccc(C(=O)Nc3cc(F)c4nc(CO)cn4c3)c3nn(C)cc23)CC1. The van der Waals surface area contributed by atoms with E-state index in [0.29, 0.717) is 23.3 Å². The summed E-state index contributed by atoms with van der Waals surface area (Å²) < 4.78 is 23.3. The van der Waals surface area contributed by atoms with Crippen LogP contribution < -0.4 is 10.2 Å². The molecule has 11 nitrogen and oxygen atoms in total. The van der Waals surface area contributed by atoms with E-state index in [-0.39, 0.29) is 30.1 Å². The van der Waals surface area contributed by atoms with Gasteiger partial charge in [0.25, 0.3) is 5.91 Å². The Hall–Kier alpha value is -4.19. The first-order valence-electron chi connectivity index (χ1n) is 13.8. The van der Waals surface area contributed by atoms with E-state index in [0.717, 1.165) is 37.0 Å². The van der Waals surface area contributed by atoms with Crippen LogP contribution in [0.15, 0.2) is 36.8 Å². The maximum absolute atomic E-state index is 14.6. The predicted octanol–water partition coefficient (Wildman–Crippen LogP) is 4.33. The average Bonchev–Trinajstić information content (AvgIpc) is 3.51. The number of amides is 2. The van der Waals surface area contributed by atoms with E-state index in [9.17, 15) is 19.1 Å². The zero-order chi connectivity index (χ0) is 29.5. The molecule has 0 bridgehead atoms. The van der Waals surface area contributed by atoms with Crippen LogP contribution in [0.1, 0.15) is 56.6 Å². The molecule has 0 unspecified atom stereocenters. The van der Waals surface area contributed by atoms with E-state index in [1.54, 1.807) is 24.0 Å². The molecule has 218 valence electrons. The minimum Gasteiger partial charge on any atom is -0.444 e. The van der Waals surface area contributed by atoms with Crippen LogP contribution in [0.4, 0.5) is 20.6 Å². The molecule has 4 aromatic rings. The minimum atomic E-state index is -0.613. The Bertz CT molecular complexity index is 1600. The number of nitrogens with one attached hydrogen (secondary N) is 1. The standard InChI is InChI=1S/C29H36FN7O4/c1-6-37(28(40)41-29(2,3)4)20-9-11-35(12-10-20)24-8-7-21(25-22(24)16-34(5)33-25)27(39)32-18-13-23(30)26-31-19(17-38)15-36(26)14-18/h7-8,13-16,20,38H,6,9-12,17H2,1-5H3,(H,32,39). The monoisotopic (exact) mass is 565 g/mol. The zero-order valence-corrected chi connectivity index (χ0v) is 24.0. The Labute approximate surface area is 237 Å². The van der Waals surface area contributed by atoms with Crippen LogP contribution in [0.5, 0.6) is 0 Å². The van der Waals surface area contributed by atoms with Crippen LogP contribution in [0.25, 0.3) is 16.6 Å². The number of benzene rings is 1. The summed E-state index contributed by atoms with van der Waals surface area (Å²) in [5.41, 5.74) is 1.97. The van der Waals surface area contributed by atoms with Crippen LogP contribution in [0, 0.1) is 5.82 Å². The van der Waals surface area contributed by atoms with E-state index >= 15 is 0 Å². The molecule has 2 amide bonds. The summed E-state index contributed by atoms with van der Waals surface area (Å²) in [5.74, 6) is -1.03. The molecule has 1 aliphatic heterocycles. The van der Waals surface area contributed by atoms with Crippen LogP contribution >= 0.6 is 0 Å². The van der Waals surface area contributed by atoms with Crippen molar-refractivity contribution in [2.75, 3.05) is 29.9 Å². The molecule has 1 aromatic carbocycles. The van der Waals surface area contributed by atoms with Crippen LogP contribution in [-0.2, 0) is 18.4 Å². The fourth-order valence-electron chi connectivity index (χ4n) is 5.39. The van der Waals surface area contributed by atoms with Gasteiger partial charge in [-0.25, -0.2) is 14.2 Å². The highest BCUT2D eigenvalue weighted by Gasteiger charge is 2.31. The van der Waals surface area contributed by atoms with E-state index in [2.05, 4.69) is 20.3 Å². The average molecular weight is 566 g/mol. The second-order valence-electron chi connectivity index (χ2n) is 11.3. The van der Waals surface area contributed by atoms with Gasteiger partial charge in [0.1, 0.15) is 11.1 Å². The maximum Gasteiger partial charge on any atom is 0.410 e. The second kappa shape index (κ2) is 11.0. The highest BCUT2D eigenvalue weighted by molar-refractivity contribution is 6.13. The van der Waals surface area contributed by atoms with E-state index in [4.69, 9.17) is 4.74 Å². The number of aliphatic hydroxyl groups is 1. The smallest absolute Gasteiger partial charge is 0.410 e. The van der Waals surface area contributed by atoms with Crippen molar-refractivity contribution in [1.29, 1.82) is 0 Å². The molecule has 12 heteroatoms. The van der Waals surface area contributed by atoms with Crippen LogP contribution in [-0.4, -0.2) is 72.4 Å². The molecule has 41 heavy (non-hydrogen) atoms. The number of aromatic nitrogens is 4. The van der Waals surface area contributed by atoms with Gasteiger partial charge in [0.2, 0.25) is 0 Å². The van der Waals surface area contributed by atoms with Crippen LogP contribution in [0.3, 0.4) is 0 Å². The van der Waals surface area contributed by atoms with Gasteiger partial charge in [-0.1, -0.05) is 0 Å². The highest BCUT2D eigenvalue weighted by atomic mass is 19.1. The number of hydrogen-bond acceptors (Lipinski definition) is 7. The van der Waals surface area contributed by atoms with Crippen LogP contribution in [0.2, 0.25) is 0 Å². The highest BCUT2D eigenvalue weighted by Crippen LogP contribution is 2.32. The third-order valence-corrected chi connectivity index (χ3v) is 7.20. The number of nitrogens with zero attached hydrogens (tertiary/aromatic N) is 6. The number of pyridine rings is 1. The molecule has 0 radical (unpaired) electrons. The lowest BCUT2D eigenvalue weighted by Gasteiger charge is -2.39. The van der Waals surface area contributed by atoms with Crippen molar-refractivity contribution in [3.05, 3.63) is 53.9 Å². The van der Waals surface area contributed by atoms with Crippen molar-refractivity contribution in [2.24, 2.45) is 7.05 Å². The Balaban J connectivity index is 1.34. The van der Waals surface area contributed by atoms with Gasteiger partial charge in [-0.15, -0.1) is 0 Å². The first kappa shape index (κ1) is 28.3. The molecule has 0 spiro atoms. The number of carbonyl (C=O) groups is 2. The van der Waals surface area contributed by atoms with Gasteiger partial charge in [0.05, 0.1) is 23.6 Å². The quantitative estimate of drug-likeness (QED) is 0.357. The molecular weight excluding hydrogens is 529 g/mol. The summed E-state index contributed by atoms with van der Waals surface area (Å²) in [6.45, 7) is 9.31. The third-order valence-electron chi connectivity index (χ3n) is 7.20. The predicted molar refractivity (Wildman–Crippen MR) is 154 cm³/mol. The molecule has 2 N–H and O–H groups in total. The summed E-state index contributed by atoms with van der Waals surface area (Å²) in [4.78, 5) is 34.2. The van der Waals surface area contributed by atoms with Crippen molar-refractivity contribution in [2.45, 2.75) is 58.8 Å². The van der Waals surface area contributed by atoms with Gasteiger partial charge in [0, 0.05) is 68.5 Å². The van der Waals surface area contributed by atoms with Crippen molar-refractivity contribution in [3.8, 4) is 0 Å². The van der Waals surface area contributed by atoms with E-state index in [1.165, 1.54) is 16.7 Å². The second-order valence-corrected chi connectivity index (χ2v) is 11.3. The van der Waals surface area contributed by atoms with Gasteiger partial charge >= 0.3 is 6.09 Å². The Morgan fingerprint density at radius 2 is 1.93 bits per heavy atom. The summed E-state index contributed by atoms with van der Waals surface area (Å²) in [7, 11) is 1.80. The number of ether oxygens (including phenoxy) is 1.